The van der Waals surface area contributed by atoms with Gasteiger partial charge in [0, 0.05) is 49.1 Å². The van der Waals surface area contributed by atoms with Crippen molar-refractivity contribution in [1.29, 1.82) is 0 Å². The van der Waals surface area contributed by atoms with Crippen LogP contribution in [0.5, 0.6) is 0 Å². The molecule has 1 aliphatic heterocycles. The number of nitrogens with zero attached hydrogens (tertiary/aromatic N) is 2. The van der Waals surface area contributed by atoms with Crippen molar-refractivity contribution in [2.75, 3.05) is 45.0 Å². The molecule has 0 radical (unpaired) electrons. The van der Waals surface area contributed by atoms with Gasteiger partial charge in [0.15, 0.2) is 0 Å². The quantitative estimate of drug-likeness (QED) is 0.203. The highest BCUT2D eigenvalue weighted by Crippen LogP contribution is 2.12. The molecule has 8 heteroatoms. The Morgan fingerprint density at radius 1 is 0.829 bits per heavy atom. The van der Waals surface area contributed by atoms with Gasteiger partial charge in [-0.05, 0) is 80.2 Å². The van der Waals surface area contributed by atoms with Crippen LogP contribution in [0.2, 0.25) is 5.02 Å². The van der Waals surface area contributed by atoms with Gasteiger partial charge in [0.2, 0.25) is 5.69 Å². The van der Waals surface area contributed by atoms with Gasteiger partial charge in [0.25, 0.3) is 0 Å². The number of hydrogen-bond donors (Lipinski definition) is 2. The van der Waals surface area contributed by atoms with Gasteiger partial charge in [0.05, 0.1) is 0 Å². The fraction of sp³-hybridized carbons (Fsp3) is 0.519. The first kappa shape index (κ1) is 32.1. The molecule has 196 valence electrons. The summed E-state index contributed by atoms with van der Waals surface area (Å²) in [6.45, 7) is 9.08. The minimum absolute atomic E-state index is 0. The summed E-state index contributed by atoms with van der Waals surface area (Å²) in [7, 11) is 0. The molecule has 1 fully saturated rings. The van der Waals surface area contributed by atoms with Gasteiger partial charge in [-0.1, -0.05) is 49.2 Å². The standard InChI is InChI=1S/C27H38ClN3OS.2ClH/c1-2-3-6-23-10-14-26(15-11-23)29-27(32)33-22-5-17-31-20-18-30(19-21-31)16-4-7-24-8-12-25(28)13-9-24;;/h8-15H,2-7,16-22H2,1H3,(H,29,32);2*1H/p+1. The van der Waals surface area contributed by atoms with E-state index < -0.39 is 0 Å². The molecule has 2 N–H and O–H groups in total. The topological polar surface area (TPSA) is 40.7 Å². The molecule has 1 saturated heterocycles. The largest absolute Gasteiger partial charge is 0.455 e. The zero-order valence-corrected chi connectivity index (χ0v) is 24.0. The van der Waals surface area contributed by atoms with Gasteiger partial charge in [-0.3, -0.25) is 0 Å². The summed E-state index contributed by atoms with van der Waals surface area (Å²) < 4.78 is 0. The van der Waals surface area contributed by atoms with Crippen LogP contribution in [0.3, 0.4) is 0 Å². The van der Waals surface area contributed by atoms with Crippen LogP contribution in [-0.4, -0.2) is 65.2 Å². The van der Waals surface area contributed by atoms with E-state index in [0.717, 1.165) is 68.4 Å². The number of aliphatic hydroxyl groups is 1. The molecule has 0 aliphatic carbocycles. The van der Waals surface area contributed by atoms with Crippen LogP contribution < -0.4 is 4.99 Å². The molecule has 0 atom stereocenters. The summed E-state index contributed by atoms with van der Waals surface area (Å²) in [5.41, 5.74) is 3.68. The highest BCUT2D eigenvalue weighted by molar-refractivity contribution is 8.13. The lowest BCUT2D eigenvalue weighted by Gasteiger charge is -2.34. The maximum atomic E-state index is 10.2. The first-order chi connectivity index (χ1) is 16.1. The number of halogens is 3. The molecule has 35 heavy (non-hydrogen) atoms. The minimum Gasteiger partial charge on any atom is -0.455 e. The van der Waals surface area contributed by atoms with Crippen LogP contribution in [0.15, 0.2) is 48.5 Å². The van der Waals surface area contributed by atoms with Gasteiger partial charge < -0.3 is 14.9 Å². The molecule has 0 unspecified atom stereocenters. The maximum absolute atomic E-state index is 10.2. The van der Waals surface area contributed by atoms with E-state index in [1.165, 1.54) is 48.7 Å². The Hall–Kier alpha value is -0.950. The number of unbranched alkanes of at least 4 members (excludes halogenated alkanes) is 1. The van der Waals surface area contributed by atoms with Crippen molar-refractivity contribution < 1.29 is 10.1 Å². The fourth-order valence-electron chi connectivity index (χ4n) is 4.15. The van der Waals surface area contributed by atoms with Crippen LogP contribution in [0.1, 0.15) is 43.7 Å². The monoisotopic (exact) mass is 560 g/mol. The summed E-state index contributed by atoms with van der Waals surface area (Å²) in [4.78, 5) is 8.24. The van der Waals surface area contributed by atoms with Gasteiger partial charge in [-0.2, -0.15) is 4.99 Å². The van der Waals surface area contributed by atoms with Crippen LogP contribution in [0, 0.1) is 0 Å². The van der Waals surface area contributed by atoms with Crippen LogP contribution in [0.4, 0.5) is 5.69 Å². The molecule has 2 aromatic rings. The Morgan fingerprint density at radius 2 is 1.34 bits per heavy atom. The Balaban J connectivity index is 0.00000306. The van der Waals surface area contributed by atoms with Crippen LogP contribution in [-0.2, 0) is 12.8 Å². The van der Waals surface area contributed by atoms with Gasteiger partial charge in [0.1, 0.15) is 0 Å². The first-order valence-corrected chi connectivity index (χ1v) is 13.7. The number of hydrogen-bond acceptors (Lipinski definition) is 3. The highest BCUT2D eigenvalue weighted by atomic mass is 35.5. The van der Waals surface area contributed by atoms with E-state index in [2.05, 4.69) is 58.1 Å². The lowest BCUT2D eigenvalue weighted by molar-refractivity contribution is -0.360. The molecule has 0 amide bonds. The Bertz CT molecular complexity index is 842. The number of aliphatic hydroxyl groups excluding tert-OH is 1. The molecule has 2 aromatic carbocycles. The molecule has 1 aliphatic rings. The molecule has 3 rings (SSSR count). The first-order valence-electron chi connectivity index (χ1n) is 12.4. The summed E-state index contributed by atoms with van der Waals surface area (Å²) >= 11 is 7.47. The summed E-state index contributed by atoms with van der Waals surface area (Å²) in [6, 6.07) is 16.6. The average molecular weight is 562 g/mol. The van der Waals surface area contributed by atoms with E-state index in [-0.39, 0.29) is 24.8 Å². The second-order valence-electron chi connectivity index (χ2n) is 8.85. The minimum atomic E-state index is 0. The Morgan fingerprint density at radius 3 is 1.91 bits per heavy atom. The molecule has 0 saturated carbocycles. The Labute approximate surface area is 233 Å². The van der Waals surface area contributed by atoms with Crippen molar-refractivity contribution >= 4 is 59.1 Å². The van der Waals surface area contributed by atoms with Crippen molar-refractivity contribution in [3.8, 4) is 0 Å². The van der Waals surface area contributed by atoms with Crippen molar-refractivity contribution in [2.45, 2.75) is 45.4 Å². The second kappa shape index (κ2) is 18.3. The summed E-state index contributed by atoms with van der Waals surface area (Å²) in [5, 5.41) is 11.3. The van der Waals surface area contributed by atoms with E-state index in [9.17, 15) is 5.11 Å². The SMILES string of the molecule is CCCCc1ccc([NH+]=C(O)SCCCN2CCN(CCCc3ccc(Cl)cc3)CC2)cc1.Cl.Cl. The van der Waals surface area contributed by atoms with E-state index in [0.29, 0.717) is 5.23 Å². The van der Waals surface area contributed by atoms with Crippen molar-refractivity contribution in [3.63, 3.8) is 0 Å². The lowest BCUT2D eigenvalue weighted by Crippen LogP contribution is -2.65. The predicted octanol–water partition coefficient (Wildman–Crippen LogP) is 5.53. The molecule has 4 nitrogen and oxygen atoms in total. The Kier molecular flexibility index (Phi) is 16.8. The van der Waals surface area contributed by atoms with E-state index in [1.807, 2.05) is 12.1 Å². The molecule has 1 heterocycles. The number of piperazine rings is 1. The lowest BCUT2D eigenvalue weighted by atomic mass is 10.1. The van der Waals surface area contributed by atoms with Gasteiger partial charge >= 0.3 is 5.23 Å². The average Bonchev–Trinajstić information content (AvgIpc) is 2.83. The maximum Gasteiger partial charge on any atom is 0.402 e. The molecular formula is C27H41Cl3N3OS+. The number of aryl methyl sites for hydroxylation is 2. The van der Waals surface area contributed by atoms with E-state index in [1.54, 1.807) is 0 Å². The van der Waals surface area contributed by atoms with E-state index in [4.69, 9.17) is 11.6 Å². The number of rotatable bonds is 12. The summed E-state index contributed by atoms with van der Waals surface area (Å²) in [5.74, 6) is 0.925. The molecule has 0 bridgehead atoms. The smallest absolute Gasteiger partial charge is 0.402 e. The third-order valence-electron chi connectivity index (χ3n) is 6.20. The van der Waals surface area contributed by atoms with Gasteiger partial charge in [-0.15, -0.1) is 24.8 Å². The fourth-order valence-corrected chi connectivity index (χ4v) is 4.93. The zero-order valence-electron chi connectivity index (χ0n) is 20.8. The zero-order chi connectivity index (χ0) is 23.3. The van der Waals surface area contributed by atoms with Gasteiger partial charge in [-0.25, -0.2) is 0 Å². The highest BCUT2D eigenvalue weighted by Gasteiger charge is 2.16. The van der Waals surface area contributed by atoms with Crippen LogP contribution in [0.25, 0.3) is 0 Å². The predicted molar refractivity (Wildman–Crippen MR) is 158 cm³/mol. The van der Waals surface area contributed by atoms with E-state index >= 15 is 0 Å². The third kappa shape index (κ3) is 12.7. The normalized spacial score (nSPS) is 14.9. The van der Waals surface area contributed by atoms with Crippen LogP contribution >= 0.6 is 48.2 Å². The van der Waals surface area contributed by atoms with Crippen molar-refractivity contribution in [2.24, 2.45) is 0 Å². The number of benzene rings is 2. The molecule has 0 aromatic heterocycles. The van der Waals surface area contributed by atoms with Crippen molar-refractivity contribution in [3.05, 3.63) is 64.7 Å². The molecule has 0 spiro atoms. The number of thioether (sulfide) groups is 1. The summed E-state index contributed by atoms with van der Waals surface area (Å²) in [6.07, 6.45) is 6.96. The number of nitrogens with one attached hydrogen (secondary N) is 1. The second-order valence-corrected chi connectivity index (χ2v) is 10.4. The van der Waals surface area contributed by atoms with Crippen molar-refractivity contribution in [1.82, 2.24) is 9.80 Å². The third-order valence-corrected chi connectivity index (χ3v) is 7.32. The molecular weight excluding hydrogens is 521 g/mol.